The van der Waals surface area contributed by atoms with Gasteiger partial charge in [0.15, 0.2) is 0 Å². The summed E-state index contributed by atoms with van der Waals surface area (Å²) in [6.45, 7) is 4.02. The minimum absolute atomic E-state index is 0. The fourth-order valence-electron chi connectivity index (χ4n) is 2.38. The molecule has 1 N–H and O–H groups in total. The van der Waals surface area contributed by atoms with Gasteiger partial charge in [-0.1, -0.05) is 0 Å². The largest absolute Gasteiger partial charge is 0.345 e. The predicted octanol–water partition coefficient (Wildman–Crippen LogP) is 0.131. The molecule has 0 radical (unpaired) electrons. The third-order valence-electron chi connectivity index (χ3n) is 3.63. The van der Waals surface area contributed by atoms with Gasteiger partial charge in [-0.05, 0) is 13.0 Å². The number of sulfonamides is 1. The normalized spacial score (nSPS) is 19.1. The zero-order chi connectivity index (χ0) is 15.8. The Hall–Kier alpha value is -1.09. The van der Waals surface area contributed by atoms with Crippen molar-refractivity contribution in [1.29, 1.82) is 0 Å². The van der Waals surface area contributed by atoms with E-state index in [-0.39, 0.29) is 29.3 Å². The van der Waals surface area contributed by atoms with Crippen molar-refractivity contribution in [3.8, 4) is 0 Å². The van der Waals surface area contributed by atoms with Crippen LogP contribution in [0.3, 0.4) is 0 Å². The highest BCUT2D eigenvalue weighted by Gasteiger charge is 2.27. The van der Waals surface area contributed by atoms with Crippen molar-refractivity contribution in [2.24, 2.45) is 7.05 Å². The second-order valence-corrected chi connectivity index (χ2v) is 7.72. The summed E-state index contributed by atoms with van der Waals surface area (Å²) >= 11 is 0. The predicted molar refractivity (Wildman–Crippen MR) is 86.9 cm³/mol. The molecule has 0 saturated carbocycles. The molecular weight excluding hydrogens is 328 g/mol. The molecule has 1 aliphatic rings. The van der Waals surface area contributed by atoms with Gasteiger partial charge in [-0.25, -0.2) is 12.7 Å². The Kier molecular flexibility index (Phi) is 6.03. The summed E-state index contributed by atoms with van der Waals surface area (Å²) in [7, 11) is 1.11. The lowest BCUT2D eigenvalue weighted by atomic mass is 10.2. The highest BCUT2D eigenvalue weighted by molar-refractivity contribution is 7.89. The molecule has 1 aromatic rings. The van der Waals surface area contributed by atoms with Gasteiger partial charge in [-0.3, -0.25) is 4.79 Å². The number of amides is 1. The number of nitrogens with one attached hydrogen (secondary N) is 1. The molecule has 1 aliphatic heterocycles. The monoisotopic (exact) mass is 350 g/mol. The van der Waals surface area contributed by atoms with Gasteiger partial charge in [0.2, 0.25) is 10.0 Å². The van der Waals surface area contributed by atoms with Gasteiger partial charge in [0.25, 0.3) is 5.91 Å². The number of hydrogen-bond donors (Lipinski definition) is 1. The van der Waals surface area contributed by atoms with Gasteiger partial charge in [-0.2, -0.15) is 0 Å². The molecule has 1 fully saturated rings. The molecule has 0 aromatic carbocycles. The van der Waals surface area contributed by atoms with Crippen molar-refractivity contribution >= 4 is 28.3 Å². The average Bonchev–Trinajstić information content (AvgIpc) is 2.80. The van der Waals surface area contributed by atoms with Crippen LogP contribution in [0.1, 0.15) is 17.4 Å². The molecule has 0 bridgehead atoms. The lowest BCUT2D eigenvalue weighted by Gasteiger charge is -2.31. The van der Waals surface area contributed by atoms with Crippen molar-refractivity contribution in [1.82, 2.24) is 19.1 Å². The SMILES string of the molecule is C[C@@H]1CN(C(=O)c2cc(S(=O)(=O)N(C)C)cn2C)CCN1.Cl. The maximum absolute atomic E-state index is 12.5. The van der Waals surface area contributed by atoms with E-state index >= 15 is 0 Å². The van der Waals surface area contributed by atoms with Crippen LogP contribution in [0.5, 0.6) is 0 Å². The molecule has 2 heterocycles. The Morgan fingerprint density at radius 1 is 1.41 bits per heavy atom. The van der Waals surface area contributed by atoms with Crippen LogP contribution in [0.15, 0.2) is 17.2 Å². The summed E-state index contributed by atoms with van der Waals surface area (Å²) in [4.78, 5) is 14.4. The number of hydrogen-bond acceptors (Lipinski definition) is 4. The number of carbonyl (C=O) groups excluding carboxylic acids is 1. The summed E-state index contributed by atoms with van der Waals surface area (Å²) in [5, 5.41) is 3.27. The van der Waals surface area contributed by atoms with E-state index in [1.54, 1.807) is 16.5 Å². The molecular formula is C13H23ClN4O3S. The van der Waals surface area contributed by atoms with E-state index in [9.17, 15) is 13.2 Å². The van der Waals surface area contributed by atoms with Crippen LogP contribution in [0.25, 0.3) is 0 Å². The van der Waals surface area contributed by atoms with Crippen LogP contribution in [0, 0.1) is 0 Å². The topological polar surface area (TPSA) is 74.7 Å². The van der Waals surface area contributed by atoms with Crippen LogP contribution in [0.4, 0.5) is 0 Å². The van der Waals surface area contributed by atoms with E-state index in [1.807, 2.05) is 6.92 Å². The summed E-state index contributed by atoms with van der Waals surface area (Å²) in [5.41, 5.74) is 0.393. The van der Waals surface area contributed by atoms with Crippen LogP contribution in [0.2, 0.25) is 0 Å². The molecule has 22 heavy (non-hydrogen) atoms. The number of piperazine rings is 1. The lowest BCUT2D eigenvalue weighted by Crippen LogP contribution is -2.51. The van der Waals surface area contributed by atoms with Gasteiger partial charge in [0.05, 0.1) is 0 Å². The van der Waals surface area contributed by atoms with Gasteiger partial charge < -0.3 is 14.8 Å². The molecule has 0 spiro atoms. The molecule has 1 aromatic heterocycles. The van der Waals surface area contributed by atoms with Crippen LogP contribution >= 0.6 is 12.4 Å². The lowest BCUT2D eigenvalue weighted by molar-refractivity contribution is 0.0699. The van der Waals surface area contributed by atoms with Gasteiger partial charge in [0, 0.05) is 53.0 Å². The van der Waals surface area contributed by atoms with Crippen molar-refractivity contribution < 1.29 is 13.2 Å². The van der Waals surface area contributed by atoms with E-state index in [0.717, 1.165) is 10.8 Å². The quantitative estimate of drug-likeness (QED) is 0.841. The molecule has 126 valence electrons. The average molecular weight is 351 g/mol. The number of aromatic nitrogens is 1. The number of rotatable bonds is 3. The number of nitrogens with zero attached hydrogens (tertiary/aromatic N) is 3. The summed E-state index contributed by atoms with van der Waals surface area (Å²) in [6, 6.07) is 1.69. The highest BCUT2D eigenvalue weighted by atomic mass is 35.5. The first kappa shape index (κ1) is 19.0. The minimum atomic E-state index is -3.52. The second-order valence-electron chi connectivity index (χ2n) is 5.57. The van der Waals surface area contributed by atoms with E-state index in [0.29, 0.717) is 18.8 Å². The first-order chi connectivity index (χ1) is 9.73. The summed E-state index contributed by atoms with van der Waals surface area (Å²) in [6.07, 6.45) is 1.48. The van der Waals surface area contributed by atoms with Crippen molar-refractivity contribution in [2.45, 2.75) is 17.9 Å². The fourth-order valence-corrected chi connectivity index (χ4v) is 3.35. The van der Waals surface area contributed by atoms with Crippen molar-refractivity contribution in [3.05, 3.63) is 18.0 Å². The van der Waals surface area contributed by atoms with E-state index in [1.165, 1.54) is 26.4 Å². The number of halogens is 1. The Morgan fingerprint density at radius 2 is 2.05 bits per heavy atom. The molecule has 7 nitrogen and oxygen atoms in total. The third-order valence-corrected chi connectivity index (χ3v) is 5.41. The second kappa shape index (κ2) is 6.99. The zero-order valence-electron chi connectivity index (χ0n) is 13.2. The van der Waals surface area contributed by atoms with Crippen LogP contribution in [-0.2, 0) is 17.1 Å². The Morgan fingerprint density at radius 3 is 2.59 bits per heavy atom. The van der Waals surface area contributed by atoms with Gasteiger partial charge in [0.1, 0.15) is 10.6 Å². The Labute approximate surface area is 137 Å². The maximum Gasteiger partial charge on any atom is 0.270 e. The minimum Gasteiger partial charge on any atom is -0.345 e. The molecule has 2 rings (SSSR count). The molecule has 9 heteroatoms. The summed E-state index contributed by atoms with van der Waals surface area (Å²) in [5.74, 6) is -0.133. The first-order valence-electron chi connectivity index (χ1n) is 6.85. The number of carbonyl (C=O) groups is 1. The smallest absolute Gasteiger partial charge is 0.270 e. The van der Waals surface area contributed by atoms with Gasteiger partial charge >= 0.3 is 0 Å². The summed E-state index contributed by atoms with van der Waals surface area (Å²) < 4.78 is 27.0. The zero-order valence-corrected chi connectivity index (χ0v) is 14.9. The third kappa shape index (κ3) is 3.62. The first-order valence-corrected chi connectivity index (χ1v) is 8.29. The van der Waals surface area contributed by atoms with Crippen molar-refractivity contribution in [3.63, 3.8) is 0 Å². The molecule has 1 atom stereocenters. The van der Waals surface area contributed by atoms with Crippen molar-refractivity contribution in [2.75, 3.05) is 33.7 Å². The molecule has 0 unspecified atom stereocenters. The van der Waals surface area contributed by atoms with Gasteiger partial charge in [-0.15, -0.1) is 12.4 Å². The molecule has 1 saturated heterocycles. The highest BCUT2D eigenvalue weighted by Crippen LogP contribution is 2.18. The van der Waals surface area contributed by atoms with Crippen LogP contribution in [-0.4, -0.2) is 67.9 Å². The molecule has 1 amide bonds. The standard InChI is InChI=1S/C13H22N4O3S.ClH/c1-10-8-17(6-5-14-10)13(18)12-7-11(9-16(12)4)21(19,20)15(2)3;/h7,9-10,14H,5-6,8H2,1-4H3;1H/t10-;/m1./s1. The maximum atomic E-state index is 12.5. The fraction of sp³-hybridized carbons (Fsp3) is 0.615. The van der Waals surface area contributed by atoms with E-state index in [4.69, 9.17) is 0 Å². The molecule has 0 aliphatic carbocycles. The van der Waals surface area contributed by atoms with E-state index in [2.05, 4.69) is 5.32 Å². The Bertz CT molecular complexity index is 642. The van der Waals surface area contributed by atoms with E-state index < -0.39 is 10.0 Å². The Balaban J connectivity index is 0.00000242. The van der Waals surface area contributed by atoms with Crippen LogP contribution < -0.4 is 5.32 Å². The number of aryl methyl sites for hydroxylation is 1.